The molecule has 6 heteroatoms. The largest absolute Gasteiger partial charge is 0.332 e. The second kappa shape index (κ2) is 10.1. The monoisotopic (exact) mass is 459 g/mol. The molecule has 1 unspecified atom stereocenters. The van der Waals surface area contributed by atoms with Gasteiger partial charge in [-0.3, -0.25) is 14.2 Å². The molecule has 0 aliphatic heterocycles. The maximum absolute atomic E-state index is 13.7. The van der Waals surface area contributed by atoms with Crippen LogP contribution in [0.2, 0.25) is 0 Å². The van der Waals surface area contributed by atoms with E-state index in [4.69, 9.17) is 4.98 Å². The van der Waals surface area contributed by atoms with Crippen molar-refractivity contribution in [2.24, 2.45) is 0 Å². The van der Waals surface area contributed by atoms with Gasteiger partial charge in [-0.1, -0.05) is 49.7 Å². The molecule has 170 valence electrons. The second-order valence-electron chi connectivity index (χ2n) is 8.23. The molecule has 4 rings (SSSR count). The number of nitrogens with zero attached hydrogens (tertiary/aromatic N) is 3. The first-order chi connectivity index (χ1) is 16.0. The number of carbonyl (C=O) groups excluding carboxylic acids is 1. The fourth-order valence-corrected chi connectivity index (χ4v) is 4.91. The van der Waals surface area contributed by atoms with Gasteiger partial charge in [0.05, 0.1) is 29.1 Å². The van der Waals surface area contributed by atoms with Crippen molar-refractivity contribution in [1.29, 1.82) is 0 Å². The predicted octanol–water partition coefficient (Wildman–Crippen LogP) is 5.69. The van der Waals surface area contributed by atoms with Gasteiger partial charge >= 0.3 is 0 Å². The topological polar surface area (TPSA) is 55.2 Å². The summed E-state index contributed by atoms with van der Waals surface area (Å²) in [6.07, 6.45) is 1.85. The second-order valence-corrected chi connectivity index (χ2v) is 9.26. The summed E-state index contributed by atoms with van der Waals surface area (Å²) >= 11 is 1.59. The van der Waals surface area contributed by atoms with Crippen LogP contribution in [-0.2, 0) is 11.2 Å². The molecule has 0 N–H and O–H groups in total. The number of fused-ring (bicyclic) bond motifs is 1. The maximum atomic E-state index is 13.7. The molecule has 0 aliphatic carbocycles. The summed E-state index contributed by atoms with van der Waals surface area (Å²) in [4.78, 5) is 35.0. The summed E-state index contributed by atoms with van der Waals surface area (Å²) in [7, 11) is 0. The molecule has 1 atom stereocenters. The van der Waals surface area contributed by atoms with Crippen molar-refractivity contribution in [3.05, 3.63) is 92.7 Å². The highest BCUT2D eigenvalue weighted by Gasteiger charge is 2.28. The number of para-hydroxylation sites is 1. The number of hydrogen-bond acceptors (Lipinski definition) is 4. The molecule has 2 aromatic heterocycles. The molecule has 0 saturated heterocycles. The highest BCUT2D eigenvalue weighted by Crippen LogP contribution is 2.27. The Labute approximate surface area is 198 Å². The summed E-state index contributed by atoms with van der Waals surface area (Å²) < 4.78 is 1.69. The van der Waals surface area contributed by atoms with Gasteiger partial charge in [0.1, 0.15) is 5.82 Å². The lowest BCUT2D eigenvalue weighted by Gasteiger charge is -2.32. The van der Waals surface area contributed by atoms with E-state index in [0.717, 1.165) is 22.5 Å². The summed E-state index contributed by atoms with van der Waals surface area (Å²) in [6, 6.07) is 18.9. The first-order valence-electron chi connectivity index (χ1n) is 11.4. The molecule has 0 radical (unpaired) electrons. The summed E-state index contributed by atoms with van der Waals surface area (Å²) in [5.41, 5.74) is 2.42. The van der Waals surface area contributed by atoms with Crippen molar-refractivity contribution in [3.63, 3.8) is 0 Å². The Morgan fingerprint density at radius 1 is 1.06 bits per heavy atom. The van der Waals surface area contributed by atoms with Gasteiger partial charge in [-0.2, -0.15) is 0 Å². The van der Waals surface area contributed by atoms with E-state index in [-0.39, 0.29) is 17.5 Å². The van der Waals surface area contributed by atoms with Crippen molar-refractivity contribution < 1.29 is 4.79 Å². The third-order valence-corrected chi connectivity index (χ3v) is 6.72. The van der Waals surface area contributed by atoms with Gasteiger partial charge in [0, 0.05) is 11.4 Å². The zero-order valence-corrected chi connectivity index (χ0v) is 20.1. The minimum Gasteiger partial charge on any atom is -0.332 e. The number of aromatic nitrogens is 2. The van der Waals surface area contributed by atoms with Gasteiger partial charge in [0.2, 0.25) is 5.91 Å². The van der Waals surface area contributed by atoms with Gasteiger partial charge in [0.15, 0.2) is 0 Å². The zero-order valence-electron chi connectivity index (χ0n) is 19.3. The van der Waals surface area contributed by atoms with Gasteiger partial charge in [-0.25, -0.2) is 4.98 Å². The number of hydrogen-bond donors (Lipinski definition) is 0. The molecule has 0 aliphatic rings. The zero-order chi connectivity index (χ0) is 23.4. The number of rotatable bonds is 8. The van der Waals surface area contributed by atoms with Crippen molar-refractivity contribution in [2.45, 2.75) is 46.1 Å². The number of amides is 1. The van der Waals surface area contributed by atoms with Crippen LogP contribution in [0.1, 0.15) is 49.0 Å². The summed E-state index contributed by atoms with van der Waals surface area (Å²) in [5.74, 6) is 0.669. The lowest BCUT2D eigenvalue weighted by atomic mass is 10.1. The van der Waals surface area contributed by atoms with Crippen LogP contribution in [0, 0.1) is 6.92 Å². The number of aryl methyl sites for hydroxylation is 1. The van der Waals surface area contributed by atoms with Crippen molar-refractivity contribution in [2.75, 3.05) is 6.54 Å². The molecule has 0 saturated carbocycles. The molecule has 4 aromatic rings. The first kappa shape index (κ1) is 22.9. The molecule has 0 fully saturated rings. The quantitative estimate of drug-likeness (QED) is 0.340. The van der Waals surface area contributed by atoms with Gasteiger partial charge in [0.25, 0.3) is 5.56 Å². The average molecular weight is 460 g/mol. The maximum Gasteiger partial charge on any atom is 0.266 e. The van der Waals surface area contributed by atoms with Crippen molar-refractivity contribution in [3.8, 4) is 5.69 Å². The van der Waals surface area contributed by atoms with Gasteiger partial charge in [-0.15, -0.1) is 11.3 Å². The highest BCUT2D eigenvalue weighted by atomic mass is 32.1. The normalized spacial score (nSPS) is 12.1. The molecule has 2 heterocycles. The smallest absolute Gasteiger partial charge is 0.266 e. The highest BCUT2D eigenvalue weighted by molar-refractivity contribution is 7.10. The van der Waals surface area contributed by atoms with E-state index in [1.807, 2.05) is 84.8 Å². The lowest BCUT2D eigenvalue weighted by Crippen LogP contribution is -2.39. The Morgan fingerprint density at radius 3 is 2.48 bits per heavy atom. The molecule has 0 spiro atoms. The average Bonchev–Trinajstić information content (AvgIpc) is 3.33. The van der Waals surface area contributed by atoms with E-state index in [1.54, 1.807) is 15.9 Å². The minimum atomic E-state index is -0.309. The van der Waals surface area contributed by atoms with E-state index < -0.39 is 0 Å². The van der Waals surface area contributed by atoms with Crippen LogP contribution in [0.5, 0.6) is 0 Å². The molecule has 5 nitrogen and oxygen atoms in total. The predicted molar refractivity (Wildman–Crippen MR) is 135 cm³/mol. The van der Waals surface area contributed by atoms with E-state index in [1.165, 1.54) is 0 Å². The molecule has 33 heavy (non-hydrogen) atoms. The Kier molecular flexibility index (Phi) is 7.04. The molecular weight excluding hydrogens is 430 g/mol. The van der Waals surface area contributed by atoms with Gasteiger partial charge in [-0.05, 0) is 55.5 Å². The Hall–Kier alpha value is -3.25. The first-order valence-corrected chi connectivity index (χ1v) is 12.3. The van der Waals surface area contributed by atoms with Crippen molar-refractivity contribution >= 4 is 28.1 Å². The van der Waals surface area contributed by atoms with E-state index in [0.29, 0.717) is 36.1 Å². The summed E-state index contributed by atoms with van der Waals surface area (Å²) in [5, 5.41) is 2.56. The third kappa shape index (κ3) is 4.76. The van der Waals surface area contributed by atoms with E-state index >= 15 is 0 Å². The molecule has 2 aromatic carbocycles. The summed E-state index contributed by atoms with van der Waals surface area (Å²) in [6.45, 7) is 6.75. The molecular formula is C27H29N3O2S. The lowest BCUT2D eigenvalue weighted by molar-refractivity contribution is -0.133. The van der Waals surface area contributed by atoms with E-state index in [2.05, 4.69) is 6.92 Å². The number of carbonyl (C=O) groups is 1. The van der Waals surface area contributed by atoms with Crippen LogP contribution in [0.3, 0.4) is 0 Å². The van der Waals surface area contributed by atoms with Crippen LogP contribution < -0.4 is 5.56 Å². The van der Waals surface area contributed by atoms with E-state index in [9.17, 15) is 9.59 Å². The van der Waals surface area contributed by atoms with Crippen LogP contribution in [0.25, 0.3) is 16.6 Å². The Morgan fingerprint density at radius 2 is 1.82 bits per heavy atom. The fraction of sp³-hybridized carbons (Fsp3) is 0.296. The number of thiophene rings is 1. The van der Waals surface area contributed by atoms with Crippen LogP contribution in [0.15, 0.2) is 70.8 Å². The van der Waals surface area contributed by atoms with Crippen molar-refractivity contribution in [1.82, 2.24) is 14.5 Å². The van der Waals surface area contributed by atoms with Crippen LogP contribution in [0.4, 0.5) is 0 Å². The third-order valence-electron chi connectivity index (χ3n) is 5.85. The molecule has 1 amide bonds. The fourth-order valence-electron chi connectivity index (χ4n) is 4.22. The van der Waals surface area contributed by atoms with Crippen LogP contribution in [-0.4, -0.2) is 26.9 Å². The minimum absolute atomic E-state index is 0.0593. The molecule has 0 bridgehead atoms. The SMILES string of the molecule is CCCN(C(=O)Cc1cccs1)C(CC)c1nc2ccccc2c(=O)n1-c1ccc(C)cc1. The standard InChI is InChI=1S/C27H29N3O2S/c1-4-16-29(25(31)18-21-9-8-17-33-21)24(5-2)26-28-23-11-7-6-10-22(23)27(32)30(26)20-14-12-19(3)13-15-20/h6-15,17,24H,4-5,16,18H2,1-3H3. The Balaban J connectivity index is 1.88. The van der Waals surface area contributed by atoms with Crippen LogP contribution >= 0.6 is 11.3 Å². The Bertz CT molecular complexity index is 1290. The van der Waals surface area contributed by atoms with Gasteiger partial charge < -0.3 is 4.90 Å². The number of benzene rings is 2.